The lowest BCUT2D eigenvalue weighted by Gasteiger charge is -2.15. The van der Waals surface area contributed by atoms with Crippen LogP contribution in [0.1, 0.15) is 12.0 Å². The van der Waals surface area contributed by atoms with Crippen molar-refractivity contribution in [1.29, 1.82) is 0 Å². The maximum absolute atomic E-state index is 11.8. The van der Waals surface area contributed by atoms with Crippen LogP contribution in [0.25, 0.3) is 11.1 Å². The lowest BCUT2D eigenvalue weighted by molar-refractivity contribution is -0.131. The SMILES string of the molecule is C=CCC(=O)N[C@@H](/C=C/C(=O)O)Cc1ccc(-c2cc(Cl)cc(Cl)c2)cc1. The van der Waals surface area contributed by atoms with E-state index in [1.165, 1.54) is 12.2 Å². The molecular weight excluding hydrogens is 385 g/mol. The van der Waals surface area contributed by atoms with Gasteiger partial charge in [-0.1, -0.05) is 59.6 Å². The molecule has 140 valence electrons. The Morgan fingerprint density at radius 1 is 1.07 bits per heavy atom. The van der Waals surface area contributed by atoms with Crippen LogP contribution in [-0.4, -0.2) is 23.0 Å². The van der Waals surface area contributed by atoms with Gasteiger partial charge in [-0.05, 0) is 41.3 Å². The molecular formula is C21H19Cl2NO3. The molecule has 2 aromatic carbocycles. The zero-order valence-corrected chi connectivity index (χ0v) is 16.0. The largest absolute Gasteiger partial charge is 0.478 e. The van der Waals surface area contributed by atoms with Crippen molar-refractivity contribution in [1.82, 2.24) is 5.32 Å². The fraction of sp³-hybridized carbons (Fsp3) is 0.143. The Balaban J connectivity index is 2.16. The summed E-state index contributed by atoms with van der Waals surface area (Å²) in [6.45, 7) is 3.53. The van der Waals surface area contributed by atoms with Gasteiger partial charge in [0.2, 0.25) is 5.91 Å². The molecule has 0 aliphatic rings. The summed E-state index contributed by atoms with van der Waals surface area (Å²) in [6.07, 6.45) is 4.63. The molecule has 0 aromatic heterocycles. The number of halogens is 2. The molecule has 0 bridgehead atoms. The molecule has 0 radical (unpaired) electrons. The fourth-order valence-corrected chi connectivity index (χ4v) is 3.10. The van der Waals surface area contributed by atoms with E-state index in [-0.39, 0.29) is 12.3 Å². The number of hydrogen-bond donors (Lipinski definition) is 2. The Morgan fingerprint density at radius 2 is 1.70 bits per heavy atom. The highest BCUT2D eigenvalue weighted by Crippen LogP contribution is 2.27. The van der Waals surface area contributed by atoms with Crippen LogP contribution in [-0.2, 0) is 16.0 Å². The van der Waals surface area contributed by atoms with Gasteiger partial charge < -0.3 is 10.4 Å². The Kier molecular flexibility index (Phi) is 7.65. The van der Waals surface area contributed by atoms with Crippen molar-refractivity contribution in [3.8, 4) is 11.1 Å². The third-order valence-corrected chi connectivity index (χ3v) is 4.19. The number of carbonyl (C=O) groups excluding carboxylic acids is 1. The minimum Gasteiger partial charge on any atom is -0.478 e. The molecule has 2 N–H and O–H groups in total. The highest BCUT2D eigenvalue weighted by molar-refractivity contribution is 6.35. The Labute approximate surface area is 168 Å². The average molecular weight is 404 g/mol. The van der Waals surface area contributed by atoms with Crippen molar-refractivity contribution >= 4 is 35.1 Å². The second-order valence-corrected chi connectivity index (χ2v) is 6.80. The number of nitrogens with one attached hydrogen (secondary N) is 1. The smallest absolute Gasteiger partial charge is 0.328 e. The fourth-order valence-electron chi connectivity index (χ4n) is 2.57. The summed E-state index contributed by atoms with van der Waals surface area (Å²) in [4.78, 5) is 22.6. The van der Waals surface area contributed by atoms with Crippen LogP contribution >= 0.6 is 23.2 Å². The number of carboxylic acids is 1. The van der Waals surface area contributed by atoms with Gasteiger partial charge >= 0.3 is 5.97 Å². The zero-order chi connectivity index (χ0) is 19.8. The van der Waals surface area contributed by atoms with Crippen molar-refractivity contribution in [2.75, 3.05) is 0 Å². The van der Waals surface area contributed by atoms with Crippen LogP contribution in [0.5, 0.6) is 0 Å². The Hall–Kier alpha value is -2.56. The molecule has 1 amide bonds. The Bertz CT molecular complexity index is 840. The monoisotopic (exact) mass is 403 g/mol. The predicted octanol–water partition coefficient (Wildman–Crippen LogP) is 4.90. The molecule has 0 fully saturated rings. The molecule has 0 aliphatic heterocycles. The molecule has 4 nitrogen and oxygen atoms in total. The number of carbonyl (C=O) groups is 2. The summed E-state index contributed by atoms with van der Waals surface area (Å²) in [5, 5.41) is 12.7. The van der Waals surface area contributed by atoms with Gasteiger partial charge in [0.1, 0.15) is 0 Å². The second-order valence-electron chi connectivity index (χ2n) is 5.92. The predicted molar refractivity (Wildman–Crippen MR) is 109 cm³/mol. The third-order valence-electron chi connectivity index (χ3n) is 3.75. The van der Waals surface area contributed by atoms with E-state index >= 15 is 0 Å². The van der Waals surface area contributed by atoms with Crippen molar-refractivity contribution in [3.05, 3.63) is 82.9 Å². The number of benzene rings is 2. The first-order valence-electron chi connectivity index (χ1n) is 8.24. The quantitative estimate of drug-likeness (QED) is 0.486. The van der Waals surface area contributed by atoms with E-state index in [0.29, 0.717) is 16.5 Å². The lowest BCUT2D eigenvalue weighted by atomic mass is 10.00. The summed E-state index contributed by atoms with van der Waals surface area (Å²) in [7, 11) is 0. The minimum absolute atomic E-state index is 0.172. The summed E-state index contributed by atoms with van der Waals surface area (Å²) in [5.41, 5.74) is 2.81. The molecule has 0 unspecified atom stereocenters. The molecule has 6 heteroatoms. The number of carboxylic acid groups (broad SMARTS) is 1. The van der Waals surface area contributed by atoms with Crippen LogP contribution in [0.15, 0.2) is 67.3 Å². The topological polar surface area (TPSA) is 66.4 Å². The summed E-state index contributed by atoms with van der Waals surface area (Å²) < 4.78 is 0. The molecule has 2 aromatic rings. The first-order valence-corrected chi connectivity index (χ1v) is 9.00. The zero-order valence-electron chi connectivity index (χ0n) is 14.5. The number of aliphatic carboxylic acids is 1. The van der Waals surface area contributed by atoms with Crippen LogP contribution in [0, 0.1) is 0 Å². The van der Waals surface area contributed by atoms with E-state index in [2.05, 4.69) is 11.9 Å². The molecule has 0 aliphatic carbocycles. The van der Waals surface area contributed by atoms with Crippen molar-refractivity contribution in [3.63, 3.8) is 0 Å². The van der Waals surface area contributed by atoms with Crippen LogP contribution < -0.4 is 5.32 Å². The van der Waals surface area contributed by atoms with Crippen molar-refractivity contribution in [2.45, 2.75) is 18.9 Å². The highest BCUT2D eigenvalue weighted by atomic mass is 35.5. The van der Waals surface area contributed by atoms with Gasteiger partial charge in [0.25, 0.3) is 0 Å². The number of amides is 1. The number of hydrogen-bond acceptors (Lipinski definition) is 2. The van der Waals surface area contributed by atoms with E-state index in [1.807, 2.05) is 36.4 Å². The maximum Gasteiger partial charge on any atom is 0.328 e. The molecule has 2 rings (SSSR count). The lowest BCUT2D eigenvalue weighted by Crippen LogP contribution is -2.34. The van der Waals surface area contributed by atoms with E-state index < -0.39 is 12.0 Å². The van der Waals surface area contributed by atoms with Gasteiger partial charge in [-0.25, -0.2) is 4.79 Å². The molecule has 0 heterocycles. The van der Waals surface area contributed by atoms with Gasteiger partial charge in [0.05, 0.1) is 6.04 Å². The van der Waals surface area contributed by atoms with Gasteiger partial charge in [-0.2, -0.15) is 0 Å². The van der Waals surface area contributed by atoms with Crippen molar-refractivity contribution in [2.24, 2.45) is 0 Å². The van der Waals surface area contributed by atoms with Gasteiger partial charge in [-0.3, -0.25) is 4.79 Å². The van der Waals surface area contributed by atoms with E-state index in [9.17, 15) is 9.59 Å². The average Bonchev–Trinajstić information content (AvgIpc) is 2.59. The molecule has 1 atom stereocenters. The third kappa shape index (κ3) is 6.93. The highest BCUT2D eigenvalue weighted by Gasteiger charge is 2.10. The van der Waals surface area contributed by atoms with Crippen LogP contribution in [0.2, 0.25) is 10.0 Å². The van der Waals surface area contributed by atoms with Gasteiger partial charge in [0, 0.05) is 22.5 Å². The summed E-state index contributed by atoms with van der Waals surface area (Å²) in [5.74, 6) is -1.28. The van der Waals surface area contributed by atoms with Gasteiger partial charge in [-0.15, -0.1) is 6.58 Å². The second kappa shape index (κ2) is 9.95. The molecule has 0 saturated heterocycles. The van der Waals surface area contributed by atoms with Crippen LogP contribution in [0.3, 0.4) is 0 Å². The molecule has 27 heavy (non-hydrogen) atoms. The maximum atomic E-state index is 11.8. The minimum atomic E-state index is -1.06. The van der Waals surface area contributed by atoms with Crippen LogP contribution in [0.4, 0.5) is 0 Å². The summed E-state index contributed by atoms with van der Waals surface area (Å²) in [6, 6.07) is 12.6. The Morgan fingerprint density at radius 3 is 2.26 bits per heavy atom. The normalized spacial score (nSPS) is 11.9. The molecule has 0 spiro atoms. The molecule has 0 saturated carbocycles. The standard InChI is InChI=1S/C21H19Cl2NO3/c1-2-3-20(25)24-19(8-9-21(26)27)10-14-4-6-15(7-5-14)16-11-17(22)13-18(23)12-16/h2,4-9,11-13,19H,1,3,10H2,(H,24,25)(H,26,27)/b9-8+/t19-/m0/s1. The van der Waals surface area contributed by atoms with E-state index in [1.54, 1.807) is 6.07 Å². The van der Waals surface area contributed by atoms with Crippen molar-refractivity contribution < 1.29 is 14.7 Å². The first-order chi connectivity index (χ1) is 12.9. The van der Waals surface area contributed by atoms with E-state index in [4.69, 9.17) is 28.3 Å². The summed E-state index contributed by atoms with van der Waals surface area (Å²) >= 11 is 12.1. The van der Waals surface area contributed by atoms with Gasteiger partial charge in [0.15, 0.2) is 0 Å². The van der Waals surface area contributed by atoms with E-state index in [0.717, 1.165) is 22.8 Å². The first kappa shape index (κ1) is 20.7. The number of rotatable bonds is 8.